The van der Waals surface area contributed by atoms with Crippen molar-refractivity contribution in [3.63, 3.8) is 0 Å². The first-order chi connectivity index (χ1) is 19.1. The van der Waals surface area contributed by atoms with Crippen LogP contribution >= 0.6 is 0 Å². The molecule has 0 bridgehead atoms. The molecule has 3 heterocycles. The van der Waals surface area contributed by atoms with Crippen molar-refractivity contribution in [1.82, 2.24) is 29.7 Å². The highest BCUT2D eigenvalue weighted by atomic mass is 16.1. The number of nitrogens with zero attached hydrogens (tertiary/aromatic N) is 8. The SMILES string of the molecule is Cc1ccc(C(=O)Nc2cc(N3CCN(C)CC3)cc(C(C)(C)C#N)c2)cc1-n1cc(-c2cnn(C)c2C)nn1. The summed E-state index contributed by atoms with van der Waals surface area (Å²) in [5, 5.41) is 25.9. The third-order valence-electron chi connectivity index (χ3n) is 7.77. The third-order valence-corrected chi connectivity index (χ3v) is 7.77. The van der Waals surface area contributed by atoms with E-state index in [4.69, 9.17) is 0 Å². The summed E-state index contributed by atoms with van der Waals surface area (Å²) >= 11 is 0. The fourth-order valence-corrected chi connectivity index (χ4v) is 4.81. The normalized spacial score (nSPS) is 14.3. The molecule has 0 unspecified atom stereocenters. The number of rotatable bonds is 6. The standard InChI is InChI=1S/C30H35N9O/c1-20-7-8-22(13-28(20)39-18-27(34-35-39)26-17-32-37(6)21(26)2)29(40)33-24-14-23(30(3,4)19-31)15-25(16-24)38-11-9-36(5)10-12-38/h7-8,13-18H,9-12H2,1-6H3,(H,33,40). The van der Waals surface area contributed by atoms with E-state index in [1.54, 1.807) is 15.6 Å². The zero-order valence-electron chi connectivity index (χ0n) is 23.9. The lowest BCUT2D eigenvalue weighted by Gasteiger charge is -2.35. The number of nitrogens with one attached hydrogen (secondary N) is 1. The highest BCUT2D eigenvalue weighted by Gasteiger charge is 2.24. The van der Waals surface area contributed by atoms with E-state index in [0.29, 0.717) is 16.9 Å². The first kappa shape index (κ1) is 27.1. The Morgan fingerprint density at radius 3 is 2.48 bits per heavy atom. The number of aromatic nitrogens is 5. The van der Waals surface area contributed by atoms with Crippen LogP contribution < -0.4 is 10.2 Å². The third kappa shape index (κ3) is 5.33. The molecule has 0 saturated carbocycles. The van der Waals surface area contributed by atoms with Crippen LogP contribution in [0, 0.1) is 25.2 Å². The summed E-state index contributed by atoms with van der Waals surface area (Å²) in [6.45, 7) is 11.5. The predicted molar refractivity (Wildman–Crippen MR) is 156 cm³/mol. The van der Waals surface area contributed by atoms with Gasteiger partial charge in [0.05, 0.1) is 29.6 Å². The van der Waals surface area contributed by atoms with Gasteiger partial charge in [-0.3, -0.25) is 9.48 Å². The molecule has 206 valence electrons. The lowest BCUT2D eigenvalue weighted by molar-refractivity contribution is 0.102. The van der Waals surface area contributed by atoms with Crippen molar-refractivity contribution in [2.45, 2.75) is 33.1 Å². The van der Waals surface area contributed by atoms with Crippen LogP contribution in [0.3, 0.4) is 0 Å². The maximum atomic E-state index is 13.5. The number of likely N-dealkylation sites (N-methyl/N-ethyl adjacent to an activating group) is 1. The molecule has 0 atom stereocenters. The first-order valence-electron chi connectivity index (χ1n) is 13.4. The van der Waals surface area contributed by atoms with E-state index in [1.807, 2.05) is 71.3 Å². The summed E-state index contributed by atoms with van der Waals surface area (Å²) in [6, 6.07) is 13.9. The minimum atomic E-state index is -0.698. The van der Waals surface area contributed by atoms with Crippen molar-refractivity contribution in [2.75, 3.05) is 43.4 Å². The van der Waals surface area contributed by atoms with Gasteiger partial charge in [-0.15, -0.1) is 5.10 Å². The van der Waals surface area contributed by atoms with Crippen molar-refractivity contribution in [3.05, 3.63) is 71.2 Å². The Hall–Kier alpha value is -4.49. The summed E-state index contributed by atoms with van der Waals surface area (Å²) in [7, 11) is 4.01. The van der Waals surface area contributed by atoms with Gasteiger partial charge in [0.1, 0.15) is 5.69 Å². The van der Waals surface area contributed by atoms with Crippen molar-refractivity contribution >= 4 is 17.3 Å². The lowest BCUT2D eigenvalue weighted by Crippen LogP contribution is -2.44. The van der Waals surface area contributed by atoms with Crippen LogP contribution in [0.1, 0.15) is 41.0 Å². The maximum Gasteiger partial charge on any atom is 0.255 e. The second kappa shape index (κ2) is 10.6. The van der Waals surface area contributed by atoms with Gasteiger partial charge < -0.3 is 15.1 Å². The Labute approximate surface area is 234 Å². The van der Waals surface area contributed by atoms with Crippen molar-refractivity contribution < 1.29 is 4.79 Å². The fraction of sp³-hybridized carbons (Fsp3) is 0.367. The minimum absolute atomic E-state index is 0.235. The van der Waals surface area contributed by atoms with Crippen molar-refractivity contribution in [3.8, 4) is 23.0 Å². The quantitative estimate of drug-likeness (QED) is 0.395. The first-order valence-corrected chi connectivity index (χ1v) is 13.4. The Balaban J connectivity index is 1.43. The molecule has 1 amide bonds. The number of benzene rings is 2. The molecule has 1 fully saturated rings. The number of piperazine rings is 1. The summed E-state index contributed by atoms with van der Waals surface area (Å²) in [4.78, 5) is 18.1. The fourth-order valence-electron chi connectivity index (χ4n) is 4.81. The van der Waals surface area contributed by atoms with Crippen LogP contribution in [-0.2, 0) is 12.5 Å². The highest BCUT2D eigenvalue weighted by Crippen LogP contribution is 2.31. The van der Waals surface area contributed by atoms with Gasteiger partial charge >= 0.3 is 0 Å². The Kier molecular flexibility index (Phi) is 7.17. The van der Waals surface area contributed by atoms with Crippen LogP contribution in [0.4, 0.5) is 11.4 Å². The number of carbonyl (C=O) groups excluding carboxylic acids is 1. The molecule has 4 aromatic rings. The van der Waals surface area contributed by atoms with Gasteiger partial charge in [-0.1, -0.05) is 11.3 Å². The van der Waals surface area contributed by atoms with Crippen LogP contribution in [0.5, 0.6) is 0 Å². The number of hydrogen-bond donors (Lipinski definition) is 1. The average Bonchev–Trinajstić information content (AvgIpc) is 3.55. The van der Waals surface area contributed by atoms with E-state index in [-0.39, 0.29) is 5.91 Å². The van der Waals surface area contributed by atoms with E-state index in [1.165, 1.54) is 0 Å². The predicted octanol–water partition coefficient (Wildman–Crippen LogP) is 4.09. The molecule has 5 rings (SSSR count). The summed E-state index contributed by atoms with van der Waals surface area (Å²) < 4.78 is 3.49. The topological polar surface area (TPSA) is 108 Å². The number of anilines is 2. The summed E-state index contributed by atoms with van der Waals surface area (Å²) in [6.07, 6.45) is 3.63. The van der Waals surface area contributed by atoms with E-state index in [0.717, 1.165) is 59.9 Å². The van der Waals surface area contributed by atoms with Crippen LogP contribution in [0.25, 0.3) is 16.9 Å². The zero-order chi connectivity index (χ0) is 28.6. The second-order valence-electron chi connectivity index (χ2n) is 11.1. The number of aryl methyl sites for hydroxylation is 2. The number of hydrogen-bond acceptors (Lipinski definition) is 7. The molecular weight excluding hydrogens is 502 g/mol. The van der Waals surface area contributed by atoms with Gasteiger partial charge in [0.2, 0.25) is 0 Å². The minimum Gasteiger partial charge on any atom is -0.369 e. The van der Waals surface area contributed by atoms with Gasteiger partial charge in [-0.25, -0.2) is 4.68 Å². The number of amides is 1. The number of nitriles is 1. The van der Waals surface area contributed by atoms with E-state index in [2.05, 4.69) is 49.7 Å². The Bertz CT molecular complexity index is 1600. The van der Waals surface area contributed by atoms with Gasteiger partial charge in [-0.2, -0.15) is 10.4 Å². The van der Waals surface area contributed by atoms with Crippen LogP contribution in [-0.4, -0.2) is 68.8 Å². The molecule has 2 aromatic heterocycles. The molecule has 0 aliphatic carbocycles. The molecular formula is C30H35N9O. The van der Waals surface area contributed by atoms with Gasteiger partial charge in [0, 0.05) is 61.4 Å². The Morgan fingerprint density at radius 1 is 1.05 bits per heavy atom. The summed E-state index contributed by atoms with van der Waals surface area (Å²) in [5.74, 6) is -0.235. The zero-order valence-corrected chi connectivity index (χ0v) is 23.9. The van der Waals surface area contributed by atoms with Crippen molar-refractivity contribution in [1.29, 1.82) is 5.26 Å². The smallest absolute Gasteiger partial charge is 0.255 e. The van der Waals surface area contributed by atoms with Crippen molar-refractivity contribution in [2.24, 2.45) is 7.05 Å². The molecule has 0 radical (unpaired) electrons. The van der Waals surface area contributed by atoms with E-state index in [9.17, 15) is 10.1 Å². The second-order valence-corrected chi connectivity index (χ2v) is 11.1. The van der Waals surface area contributed by atoms with Gasteiger partial charge in [-0.05, 0) is 76.2 Å². The lowest BCUT2D eigenvalue weighted by atomic mass is 9.85. The van der Waals surface area contributed by atoms with Crippen LogP contribution in [0.15, 0.2) is 48.8 Å². The Morgan fingerprint density at radius 2 is 1.80 bits per heavy atom. The van der Waals surface area contributed by atoms with E-state index < -0.39 is 5.41 Å². The molecule has 1 aliphatic heterocycles. The number of carbonyl (C=O) groups is 1. The highest BCUT2D eigenvalue weighted by molar-refractivity contribution is 6.05. The maximum absolute atomic E-state index is 13.5. The van der Waals surface area contributed by atoms with Gasteiger partial charge in [0.15, 0.2) is 0 Å². The largest absolute Gasteiger partial charge is 0.369 e. The van der Waals surface area contributed by atoms with Gasteiger partial charge in [0.25, 0.3) is 5.91 Å². The van der Waals surface area contributed by atoms with Crippen LogP contribution in [0.2, 0.25) is 0 Å². The monoisotopic (exact) mass is 537 g/mol. The molecule has 1 aliphatic rings. The molecule has 0 spiro atoms. The molecule has 10 nitrogen and oxygen atoms in total. The molecule has 40 heavy (non-hydrogen) atoms. The molecule has 10 heteroatoms. The average molecular weight is 538 g/mol. The summed E-state index contributed by atoms with van der Waals surface area (Å²) in [5.41, 5.74) is 6.70. The molecule has 2 aromatic carbocycles. The van der Waals surface area contributed by atoms with E-state index >= 15 is 0 Å². The molecule has 1 saturated heterocycles. The molecule has 1 N–H and O–H groups in total.